The molecule has 1 aliphatic heterocycles. The minimum atomic E-state index is -0.102. The minimum absolute atomic E-state index is 0.102. The molecule has 3 rings (SSSR count). The van der Waals surface area contributed by atoms with Gasteiger partial charge < -0.3 is 15.0 Å². The van der Waals surface area contributed by atoms with Gasteiger partial charge in [-0.25, -0.2) is 4.39 Å². The summed E-state index contributed by atoms with van der Waals surface area (Å²) in [5.41, 5.74) is 1.83. The quantitative estimate of drug-likeness (QED) is 0.896. The maximum atomic E-state index is 14.2. The number of hydrogen-bond donors (Lipinski definition) is 1. The van der Waals surface area contributed by atoms with Crippen LogP contribution in [-0.2, 0) is 11.3 Å². The van der Waals surface area contributed by atoms with E-state index in [0.717, 1.165) is 37.2 Å². The second kappa shape index (κ2) is 6.10. The molecule has 20 heavy (non-hydrogen) atoms. The zero-order valence-corrected chi connectivity index (χ0v) is 12.1. The third-order valence-corrected chi connectivity index (χ3v) is 4.29. The highest BCUT2D eigenvalue weighted by Crippen LogP contribution is 2.28. The van der Waals surface area contributed by atoms with E-state index in [4.69, 9.17) is 4.74 Å². The molecule has 0 spiro atoms. The first-order valence-corrected chi connectivity index (χ1v) is 7.56. The lowest BCUT2D eigenvalue weighted by Gasteiger charge is -2.35. The summed E-state index contributed by atoms with van der Waals surface area (Å²) in [6, 6.07) is 5.99. The van der Waals surface area contributed by atoms with Crippen molar-refractivity contribution in [2.45, 2.75) is 44.4 Å². The fraction of sp³-hybridized carbons (Fsp3) is 0.625. The number of nitrogens with zero attached hydrogens (tertiary/aromatic N) is 1. The van der Waals surface area contributed by atoms with Crippen LogP contribution >= 0.6 is 0 Å². The predicted molar refractivity (Wildman–Crippen MR) is 78.5 cm³/mol. The normalized spacial score (nSPS) is 23.1. The molecule has 0 amide bonds. The Morgan fingerprint density at radius 2 is 2.20 bits per heavy atom. The molecule has 1 heterocycles. The number of methoxy groups -OCH3 is 1. The van der Waals surface area contributed by atoms with E-state index in [9.17, 15) is 4.39 Å². The summed E-state index contributed by atoms with van der Waals surface area (Å²) in [6.45, 7) is 2.47. The van der Waals surface area contributed by atoms with Gasteiger partial charge in [-0.2, -0.15) is 0 Å². The Morgan fingerprint density at radius 3 is 2.95 bits per heavy atom. The van der Waals surface area contributed by atoms with Gasteiger partial charge in [0.1, 0.15) is 5.82 Å². The molecule has 1 unspecified atom stereocenters. The molecule has 1 aromatic carbocycles. The molecule has 3 nitrogen and oxygen atoms in total. The van der Waals surface area contributed by atoms with Crippen molar-refractivity contribution in [1.29, 1.82) is 0 Å². The van der Waals surface area contributed by atoms with Crippen LogP contribution in [0.15, 0.2) is 18.2 Å². The van der Waals surface area contributed by atoms with Crippen LogP contribution in [0.3, 0.4) is 0 Å². The van der Waals surface area contributed by atoms with Gasteiger partial charge in [-0.15, -0.1) is 0 Å². The van der Waals surface area contributed by atoms with Crippen molar-refractivity contribution in [3.63, 3.8) is 0 Å². The number of ether oxygens (including phenoxy) is 1. The van der Waals surface area contributed by atoms with Gasteiger partial charge >= 0.3 is 0 Å². The molecule has 1 aromatic rings. The van der Waals surface area contributed by atoms with E-state index in [1.807, 2.05) is 12.1 Å². The summed E-state index contributed by atoms with van der Waals surface area (Å²) >= 11 is 0. The number of rotatable bonds is 5. The maximum absolute atomic E-state index is 14.2. The number of halogens is 1. The molecule has 1 atom stereocenters. The van der Waals surface area contributed by atoms with E-state index in [-0.39, 0.29) is 11.9 Å². The van der Waals surface area contributed by atoms with Crippen LogP contribution in [0.1, 0.15) is 31.2 Å². The van der Waals surface area contributed by atoms with Gasteiger partial charge in [0.05, 0.1) is 6.10 Å². The SMILES string of the molecule is COC1CCCN(c2cccc(F)c2CNC2CC2)C1. The molecular formula is C16H23FN2O. The highest BCUT2D eigenvalue weighted by molar-refractivity contribution is 5.54. The van der Waals surface area contributed by atoms with E-state index in [2.05, 4.69) is 10.2 Å². The molecule has 0 aromatic heterocycles. The standard InChI is InChI=1S/C16H23FN2O/c1-20-13-4-3-9-19(11-13)16-6-2-5-15(17)14(16)10-18-12-7-8-12/h2,5-6,12-13,18H,3-4,7-11H2,1H3. The Balaban J connectivity index is 1.77. The van der Waals surface area contributed by atoms with E-state index >= 15 is 0 Å². The molecule has 2 fully saturated rings. The average Bonchev–Trinajstić information content (AvgIpc) is 3.30. The van der Waals surface area contributed by atoms with E-state index in [1.54, 1.807) is 13.2 Å². The minimum Gasteiger partial charge on any atom is -0.380 e. The van der Waals surface area contributed by atoms with Crippen molar-refractivity contribution in [2.24, 2.45) is 0 Å². The van der Waals surface area contributed by atoms with Crippen LogP contribution < -0.4 is 10.2 Å². The molecule has 2 aliphatic rings. The first-order valence-electron chi connectivity index (χ1n) is 7.56. The Bertz CT molecular complexity index is 462. The molecule has 0 bridgehead atoms. The highest BCUT2D eigenvalue weighted by atomic mass is 19.1. The zero-order chi connectivity index (χ0) is 13.9. The summed E-state index contributed by atoms with van der Waals surface area (Å²) in [4.78, 5) is 2.27. The third kappa shape index (κ3) is 3.13. The van der Waals surface area contributed by atoms with Crippen LogP contribution in [0.2, 0.25) is 0 Å². The van der Waals surface area contributed by atoms with Crippen molar-refractivity contribution < 1.29 is 9.13 Å². The van der Waals surface area contributed by atoms with Crippen molar-refractivity contribution >= 4 is 5.69 Å². The lowest BCUT2D eigenvalue weighted by molar-refractivity contribution is 0.0893. The number of hydrogen-bond acceptors (Lipinski definition) is 3. The fourth-order valence-electron chi connectivity index (χ4n) is 2.90. The number of piperidine rings is 1. The largest absolute Gasteiger partial charge is 0.380 e. The van der Waals surface area contributed by atoms with Crippen molar-refractivity contribution in [3.05, 3.63) is 29.6 Å². The van der Waals surface area contributed by atoms with E-state index < -0.39 is 0 Å². The van der Waals surface area contributed by atoms with Gasteiger partial charge in [-0.3, -0.25) is 0 Å². The molecule has 110 valence electrons. The van der Waals surface area contributed by atoms with Gasteiger partial charge in [0.2, 0.25) is 0 Å². The summed E-state index contributed by atoms with van der Waals surface area (Å²) in [6.07, 6.45) is 4.90. The van der Waals surface area contributed by atoms with Gasteiger partial charge in [-0.1, -0.05) is 6.07 Å². The van der Waals surface area contributed by atoms with E-state index in [0.29, 0.717) is 12.6 Å². The van der Waals surface area contributed by atoms with Gasteiger partial charge in [0, 0.05) is 44.0 Å². The predicted octanol–water partition coefficient (Wildman–Crippen LogP) is 2.69. The fourth-order valence-corrected chi connectivity index (χ4v) is 2.90. The van der Waals surface area contributed by atoms with Crippen LogP contribution in [0.25, 0.3) is 0 Å². The monoisotopic (exact) mass is 278 g/mol. The molecular weight excluding hydrogens is 255 g/mol. The van der Waals surface area contributed by atoms with E-state index in [1.165, 1.54) is 12.8 Å². The summed E-state index contributed by atoms with van der Waals surface area (Å²) < 4.78 is 19.6. The molecule has 1 saturated carbocycles. The van der Waals surface area contributed by atoms with Crippen LogP contribution in [-0.4, -0.2) is 32.3 Å². The first kappa shape index (κ1) is 13.8. The van der Waals surface area contributed by atoms with Crippen LogP contribution in [0, 0.1) is 5.82 Å². The third-order valence-electron chi connectivity index (χ3n) is 4.29. The second-order valence-corrected chi connectivity index (χ2v) is 5.84. The van der Waals surface area contributed by atoms with Crippen molar-refractivity contribution in [3.8, 4) is 0 Å². The smallest absolute Gasteiger partial charge is 0.129 e. The number of anilines is 1. The maximum Gasteiger partial charge on any atom is 0.129 e. The summed E-state index contributed by atoms with van der Waals surface area (Å²) in [5.74, 6) is -0.102. The lowest BCUT2D eigenvalue weighted by atomic mass is 10.0. The topological polar surface area (TPSA) is 24.5 Å². The Hall–Kier alpha value is -1.13. The van der Waals surface area contributed by atoms with Crippen molar-refractivity contribution in [1.82, 2.24) is 5.32 Å². The molecule has 0 radical (unpaired) electrons. The Kier molecular flexibility index (Phi) is 4.22. The average molecular weight is 278 g/mol. The first-order chi connectivity index (χ1) is 9.78. The number of nitrogens with one attached hydrogen (secondary N) is 1. The molecule has 1 saturated heterocycles. The highest BCUT2D eigenvalue weighted by Gasteiger charge is 2.25. The van der Waals surface area contributed by atoms with Crippen molar-refractivity contribution in [2.75, 3.05) is 25.1 Å². The summed E-state index contributed by atoms with van der Waals surface area (Å²) in [7, 11) is 1.76. The lowest BCUT2D eigenvalue weighted by Crippen LogP contribution is -2.40. The van der Waals surface area contributed by atoms with Crippen LogP contribution in [0.4, 0.5) is 10.1 Å². The number of benzene rings is 1. The van der Waals surface area contributed by atoms with Gasteiger partial charge in [0.15, 0.2) is 0 Å². The van der Waals surface area contributed by atoms with Gasteiger partial charge in [-0.05, 0) is 37.8 Å². The van der Waals surface area contributed by atoms with Gasteiger partial charge in [0.25, 0.3) is 0 Å². The molecule has 1 aliphatic carbocycles. The second-order valence-electron chi connectivity index (χ2n) is 5.84. The Labute approximate surface area is 120 Å². The Morgan fingerprint density at radius 1 is 1.35 bits per heavy atom. The zero-order valence-electron chi connectivity index (χ0n) is 12.1. The molecule has 4 heteroatoms. The molecule has 1 N–H and O–H groups in total. The summed E-state index contributed by atoms with van der Waals surface area (Å²) in [5, 5.41) is 3.42. The van der Waals surface area contributed by atoms with Crippen LogP contribution in [0.5, 0.6) is 0 Å².